The van der Waals surface area contributed by atoms with E-state index in [0.717, 1.165) is 5.56 Å². The van der Waals surface area contributed by atoms with Gasteiger partial charge >= 0.3 is 0 Å². The van der Waals surface area contributed by atoms with E-state index in [4.69, 9.17) is 5.73 Å². The van der Waals surface area contributed by atoms with E-state index in [2.05, 4.69) is 0 Å². The maximum absolute atomic E-state index is 13.4. The summed E-state index contributed by atoms with van der Waals surface area (Å²) < 4.78 is 39.2. The molecule has 1 aliphatic rings. The summed E-state index contributed by atoms with van der Waals surface area (Å²) in [6.45, 7) is 1.38. The quantitative estimate of drug-likeness (QED) is 0.892. The van der Waals surface area contributed by atoms with Gasteiger partial charge < -0.3 is 10.8 Å². The van der Waals surface area contributed by atoms with Crippen LogP contribution in [0.3, 0.4) is 0 Å². The number of benzene rings is 2. The van der Waals surface area contributed by atoms with Crippen LogP contribution in [0.1, 0.15) is 17.0 Å². The highest BCUT2D eigenvalue weighted by atomic mass is 32.2. The third-order valence-electron chi connectivity index (χ3n) is 4.47. The minimum Gasteiger partial charge on any atom is -0.394 e. The number of hydrogen-bond acceptors (Lipinski definition) is 4. The molecule has 23 heavy (non-hydrogen) atoms. The lowest BCUT2D eigenvalue weighted by Gasteiger charge is -2.08. The van der Waals surface area contributed by atoms with Gasteiger partial charge in [0.05, 0.1) is 22.3 Å². The average Bonchev–Trinajstić information content (AvgIpc) is 3.15. The molecule has 1 saturated carbocycles. The topological polar surface area (TPSA) is 80.4 Å². The van der Waals surface area contributed by atoms with Crippen molar-refractivity contribution >= 4 is 9.84 Å². The molecule has 0 amide bonds. The maximum atomic E-state index is 13.4. The van der Waals surface area contributed by atoms with E-state index in [0.29, 0.717) is 5.56 Å². The molecule has 3 unspecified atom stereocenters. The summed E-state index contributed by atoms with van der Waals surface area (Å²) in [5, 5.41) is 8.64. The smallest absolute Gasteiger partial charge is 0.183 e. The fourth-order valence-corrected chi connectivity index (χ4v) is 5.44. The first-order valence-electron chi connectivity index (χ1n) is 7.26. The molecule has 0 aromatic heterocycles. The molecular weight excluding hydrogens is 317 g/mol. The van der Waals surface area contributed by atoms with Gasteiger partial charge in [-0.25, -0.2) is 12.8 Å². The van der Waals surface area contributed by atoms with Gasteiger partial charge in [0.1, 0.15) is 5.82 Å². The molecule has 0 bridgehead atoms. The van der Waals surface area contributed by atoms with E-state index in [1.54, 1.807) is 18.2 Å². The summed E-state index contributed by atoms with van der Waals surface area (Å²) in [4.78, 5) is 0.162. The molecule has 6 heteroatoms. The molecule has 0 aliphatic heterocycles. The van der Waals surface area contributed by atoms with Crippen molar-refractivity contribution in [1.29, 1.82) is 0 Å². The van der Waals surface area contributed by atoms with Crippen molar-refractivity contribution in [3.8, 4) is 0 Å². The summed E-state index contributed by atoms with van der Waals surface area (Å²) >= 11 is 0. The molecule has 0 saturated heterocycles. The Labute approximate surface area is 134 Å². The number of aliphatic hydroxyl groups excluding tert-OH is 1. The molecule has 2 aromatic rings. The molecule has 2 aromatic carbocycles. The van der Waals surface area contributed by atoms with Crippen LogP contribution in [0.4, 0.5) is 4.39 Å². The molecule has 122 valence electrons. The molecule has 0 spiro atoms. The lowest BCUT2D eigenvalue weighted by Crippen LogP contribution is -2.35. The first kappa shape index (κ1) is 16.1. The monoisotopic (exact) mass is 335 g/mol. The Balaban J connectivity index is 2.03. The van der Waals surface area contributed by atoms with Gasteiger partial charge in [-0.3, -0.25) is 0 Å². The molecule has 0 radical (unpaired) electrons. The number of halogens is 1. The highest BCUT2D eigenvalue weighted by Crippen LogP contribution is 2.55. The summed E-state index contributed by atoms with van der Waals surface area (Å²) in [6.07, 6.45) is 0. The summed E-state index contributed by atoms with van der Waals surface area (Å²) in [6, 6.07) is 12.2. The van der Waals surface area contributed by atoms with E-state index < -0.39 is 39.0 Å². The second-order valence-electron chi connectivity index (χ2n) is 6.08. The average molecular weight is 335 g/mol. The van der Waals surface area contributed by atoms with Gasteiger partial charge in [0.25, 0.3) is 0 Å². The number of nitrogens with two attached hydrogens (primary N) is 1. The van der Waals surface area contributed by atoms with Crippen molar-refractivity contribution < 1.29 is 17.9 Å². The van der Waals surface area contributed by atoms with Gasteiger partial charge in [-0.05, 0) is 36.8 Å². The molecule has 4 nitrogen and oxygen atoms in total. The molecule has 3 rings (SSSR count). The lowest BCUT2D eigenvalue weighted by molar-refractivity contribution is 0.253. The first-order valence-corrected chi connectivity index (χ1v) is 8.81. The van der Waals surface area contributed by atoms with Crippen LogP contribution in [0.15, 0.2) is 53.4 Å². The van der Waals surface area contributed by atoms with E-state index in [9.17, 15) is 17.9 Å². The van der Waals surface area contributed by atoms with E-state index in [1.807, 2.05) is 6.92 Å². The van der Waals surface area contributed by atoms with Gasteiger partial charge in [-0.2, -0.15) is 0 Å². The van der Waals surface area contributed by atoms with Crippen molar-refractivity contribution in [1.82, 2.24) is 0 Å². The number of rotatable bonds is 4. The van der Waals surface area contributed by atoms with E-state index >= 15 is 0 Å². The number of hydrogen-bond donors (Lipinski definition) is 2. The second kappa shape index (κ2) is 5.40. The zero-order valence-corrected chi connectivity index (χ0v) is 13.4. The number of sulfone groups is 1. The minimum absolute atomic E-state index is 0.162. The number of aliphatic hydroxyl groups is 1. The summed E-state index contributed by atoms with van der Waals surface area (Å²) in [5.41, 5.74) is 6.26. The molecule has 1 fully saturated rings. The van der Waals surface area contributed by atoms with E-state index in [1.165, 1.54) is 30.3 Å². The molecule has 3 atom stereocenters. The zero-order chi connectivity index (χ0) is 16.8. The zero-order valence-electron chi connectivity index (χ0n) is 12.6. The van der Waals surface area contributed by atoms with Crippen molar-refractivity contribution in [2.45, 2.75) is 28.5 Å². The Kier molecular flexibility index (Phi) is 3.78. The van der Waals surface area contributed by atoms with Crippen molar-refractivity contribution in [3.05, 3.63) is 65.5 Å². The van der Waals surface area contributed by atoms with Gasteiger partial charge in [0.15, 0.2) is 9.84 Å². The van der Waals surface area contributed by atoms with Crippen LogP contribution in [-0.4, -0.2) is 30.9 Å². The van der Waals surface area contributed by atoms with Crippen molar-refractivity contribution in [2.24, 2.45) is 5.73 Å². The largest absolute Gasteiger partial charge is 0.394 e. The predicted molar refractivity (Wildman–Crippen MR) is 85.3 cm³/mol. The Morgan fingerprint density at radius 3 is 2.43 bits per heavy atom. The van der Waals surface area contributed by atoms with Crippen LogP contribution < -0.4 is 5.73 Å². The van der Waals surface area contributed by atoms with Crippen LogP contribution in [0.25, 0.3) is 0 Å². The van der Waals surface area contributed by atoms with Crippen LogP contribution in [-0.2, 0) is 9.84 Å². The second-order valence-corrected chi connectivity index (χ2v) is 8.15. The minimum atomic E-state index is -3.72. The van der Waals surface area contributed by atoms with Gasteiger partial charge in [-0.1, -0.05) is 29.8 Å². The molecular formula is C17H18FNO3S. The van der Waals surface area contributed by atoms with Crippen molar-refractivity contribution in [3.63, 3.8) is 0 Å². The predicted octanol–water partition coefficient (Wildman–Crippen LogP) is 1.76. The summed E-state index contributed by atoms with van der Waals surface area (Å²) in [5.74, 6) is -1.09. The van der Waals surface area contributed by atoms with E-state index in [-0.39, 0.29) is 4.90 Å². The normalized spacial score (nSPS) is 27.0. The van der Waals surface area contributed by atoms with Crippen LogP contribution in [0.5, 0.6) is 0 Å². The Morgan fingerprint density at radius 2 is 1.87 bits per heavy atom. The maximum Gasteiger partial charge on any atom is 0.183 e. The first-order chi connectivity index (χ1) is 10.8. The Bertz CT molecular complexity index is 835. The SMILES string of the molecule is Cc1ccc(S(=O)(=O)C2C(c3cccc(F)c3)C2(N)CO)cc1. The van der Waals surface area contributed by atoms with Crippen molar-refractivity contribution in [2.75, 3.05) is 6.61 Å². The van der Waals surface area contributed by atoms with Gasteiger partial charge in [-0.15, -0.1) is 0 Å². The fourth-order valence-electron chi connectivity index (χ4n) is 3.14. The molecule has 0 heterocycles. The summed E-state index contributed by atoms with van der Waals surface area (Å²) in [7, 11) is -3.72. The molecule has 1 aliphatic carbocycles. The van der Waals surface area contributed by atoms with Gasteiger partial charge in [0, 0.05) is 5.92 Å². The Morgan fingerprint density at radius 1 is 1.22 bits per heavy atom. The number of aryl methyl sites for hydroxylation is 1. The standard InChI is InChI=1S/C17H18FNO3S/c1-11-5-7-14(8-6-11)23(21,22)16-15(17(16,19)10-20)12-3-2-4-13(18)9-12/h2-9,15-16,20H,10,19H2,1H3. The van der Waals surface area contributed by atoms with Gasteiger partial charge in [0.2, 0.25) is 0 Å². The highest BCUT2D eigenvalue weighted by Gasteiger charge is 2.69. The molecule has 3 N–H and O–H groups in total. The third kappa shape index (κ3) is 2.56. The lowest BCUT2D eigenvalue weighted by atomic mass is 10.1. The Hall–Kier alpha value is -1.76. The highest BCUT2D eigenvalue weighted by molar-refractivity contribution is 7.92. The third-order valence-corrected chi connectivity index (χ3v) is 6.78. The van der Waals surface area contributed by atoms with Crippen LogP contribution >= 0.6 is 0 Å². The fraction of sp³-hybridized carbons (Fsp3) is 0.294. The van der Waals surface area contributed by atoms with Crippen LogP contribution in [0, 0.1) is 12.7 Å². The van der Waals surface area contributed by atoms with Crippen LogP contribution in [0.2, 0.25) is 0 Å².